The van der Waals surface area contributed by atoms with Crippen LogP contribution in [-0.4, -0.2) is 18.1 Å². The highest BCUT2D eigenvalue weighted by Crippen LogP contribution is 2.25. The first kappa shape index (κ1) is 10.8. The van der Waals surface area contributed by atoms with Crippen molar-refractivity contribution >= 4 is 11.1 Å². The molecule has 0 spiro atoms. The second-order valence-corrected chi connectivity index (χ2v) is 4.90. The summed E-state index contributed by atoms with van der Waals surface area (Å²) in [6.07, 6.45) is 3.65. The summed E-state index contributed by atoms with van der Waals surface area (Å²) in [4.78, 5) is 4.39. The zero-order chi connectivity index (χ0) is 11.7. The molecule has 3 nitrogen and oxygen atoms in total. The van der Waals surface area contributed by atoms with E-state index < -0.39 is 0 Å². The second kappa shape index (κ2) is 4.49. The van der Waals surface area contributed by atoms with Crippen LogP contribution in [-0.2, 0) is 6.42 Å². The van der Waals surface area contributed by atoms with Crippen molar-refractivity contribution in [1.29, 1.82) is 0 Å². The average molecular weight is 230 g/mol. The molecule has 2 aromatic rings. The van der Waals surface area contributed by atoms with Crippen LogP contribution in [0.5, 0.6) is 0 Å². The molecule has 3 rings (SSSR count). The van der Waals surface area contributed by atoms with Crippen LogP contribution in [0.2, 0.25) is 0 Å². The van der Waals surface area contributed by atoms with Crippen molar-refractivity contribution in [2.45, 2.75) is 26.2 Å². The van der Waals surface area contributed by atoms with E-state index in [9.17, 15) is 0 Å². The van der Waals surface area contributed by atoms with Gasteiger partial charge in [-0.3, -0.25) is 0 Å². The lowest BCUT2D eigenvalue weighted by Gasteiger charge is -2.22. The van der Waals surface area contributed by atoms with E-state index >= 15 is 0 Å². The number of nitrogens with zero attached hydrogens (tertiary/aromatic N) is 1. The molecule has 1 N–H and O–H groups in total. The van der Waals surface area contributed by atoms with E-state index in [0.717, 1.165) is 42.4 Å². The van der Waals surface area contributed by atoms with Gasteiger partial charge in [-0.2, -0.15) is 0 Å². The maximum atomic E-state index is 5.71. The summed E-state index contributed by atoms with van der Waals surface area (Å²) in [6.45, 7) is 4.21. The topological polar surface area (TPSA) is 38.1 Å². The highest BCUT2D eigenvalue weighted by Gasteiger charge is 2.16. The fraction of sp³-hybridized carbons (Fsp3) is 0.500. The lowest BCUT2D eigenvalue weighted by molar-refractivity contribution is 0.372. The largest absolute Gasteiger partial charge is 0.441 e. The van der Waals surface area contributed by atoms with Gasteiger partial charge < -0.3 is 9.73 Å². The van der Waals surface area contributed by atoms with E-state index in [1.165, 1.54) is 18.4 Å². The zero-order valence-corrected chi connectivity index (χ0v) is 10.2. The lowest BCUT2D eigenvalue weighted by atomic mass is 9.91. The summed E-state index contributed by atoms with van der Waals surface area (Å²) < 4.78 is 5.71. The molecular formula is C14H18N2O. The summed E-state index contributed by atoms with van der Waals surface area (Å²) in [5.41, 5.74) is 3.30. The summed E-state index contributed by atoms with van der Waals surface area (Å²) in [5, 5.41) is 3.41. The maximum absolute atomic E-state index is 5.71. The standard InChI is InChI=1S/C14H18N2O/c1-10-16-13-4-2-3-12(14(13)17-10)9-11-5-7-15-8-6-11/h2-4,11,15H,5-9H2,1H3. The maximum Gasteiger partial charge on any atom is 0.192 e. The van der Waals surface area contributed by atoms with Gasteiger partial charge in [0.15, 0.2) is 11.5 Å². The predicted octanol–water partition coefficient (Wildman–Crippen LogP) is 2.68. The molecule has 1 aromatic heterocycles. The average Bonchev–Trinajstić information content (AvgIpc) is 2.72. The molecule has 0 saturated carbocycles. The third kappa shape index (κ3) is 2.20. The fourth-order valence-corrected chi connectivity index (χ4v) is 2.67. The summed E-state index contributed by atoms with van der Waals surface area (Å²) in [5.74, 6) is 1.55. The molecule has 1 fully saturated rings. The summed E-state index contributed by atoms with van der Waals surface area (Å²) >= 11 is 0. The van der Waals surface area contributed by atoms with E-state index in [1.807, 2.05) is 13.0 Å². The number of nitrogens with one attached hydrogen (secondary N) is 1. The van der Waals surface area contributed by atoms with Crippen molar-refractivity contribution in [1.82, 2.24) is 10.3 Å². The Morgan fingerprint density at radius 3 is 3.00 bits per heavy atom. The minimum atomic E-state index is 0.762. The van der Waals surface area contributed by atoms with Gasteiger partial charge in [0.2, 0.25) is 0 Å². The molecule has 2 heterocycles. The third-order valence-corrected chi connectivity index (χ3v) is 3.57. The number of hydrogen-bond acceptors (Lipinski definition) is 3. The normalized spacial score (nSPS) is 17.7. The van der Waals surface area contributed by atoms with Gasteiger partial charge >= 0.3 is 0 Å². The van der Waals surface area contributed by atoms with Gasteiger partial charge in [0.1, 0.15) is 5.52 Å². The van der Waals surface area contributed by atoms with Gasteiger partial charge in [-0.05, 0) is 49.9 Å². The molecule has 0 radical (unpaired) electrons. The highest BCUT2D eigenvalue weighted by atomic mass is 16.3. The van der Waals surface area contributed by atoms with Crippen molar-refractivity contribution in [3.8, 4) is 0 Å². The van der Waals surface area contributed by atoms with Crippen LogP contribution in [0.3, 0.4) is 0 Å². The van der Waals surface area contributed by atoms with E-state index in [1.54, 1.807) is 0 Å². The molecule has 17 heavy (non-hydrogen) atoms. The molecular weight excluding hydrogens is 212 g/mol. The van der Waals surface area contributed by atoms with Gasteiger partial charge in [0, 0.05) is 6.92 Å². The van der Waals surface area contributed by atoms with Crippen molar-refractivity contribution < 1.29 is 4.42 Å². The monoisotopic (exact) mass is 230 g/mol. The Hall–Kier alpha value is -1.35. The third-order valence-electron chi connectivity index (χ3n) is 3.57. The molecule has 3 heteroatoms. The molecule has 0 aliphatic carbocycles. The minimum absolute atomic E-state index is 0.762. The smallest absolute Gasteiger partial charge is 0.192 e. The van der Waals surface area contributed by atoms with E-state index in [-0.39, 0.29) is 0 Å². The quantitative estimate of drug-likeness (QED) is 0.862. The van der Waals surface area contributed by atoms with Gasteiger partial charge in [-0.25, -0.2) is 4.98 Å². The number of oxazole rings is 1. The molecule has 1 saturated heterocycles. The SMILES string of the molecule is Cc1nc2cccc(CC3CCNCC3)c2o1. The molecule has 0 unspecified atom stereocenters. The molecule has 90 valence electrons. The second-order valence-electron chi connectivity index (χ2n) is 4.90. The van der Waals surface area contributed by atoms with Crippen LogP contribution in [0.4, 0.5) is 0 Å². The van der Waals surface area contributed by atoms with Crippen LogP contribution in [0.1, 0.15) is 24.3 Å². The van der Waals surface area contributed by atoms with Crippen LogP contribution in [0.15, 0.2) is 22.6 Å². The fourth-order valence-electron chi connectivity index (χ4n) is 2.67. The van der Waals surface area contributed by atoms with Crippen molar-refractivity contribution in [3.05, 3.63) is 29.7 Å². The minimum Gasteiger partial charge on any atom is -0.441 e. The first-order valence-corrected chi connectivity index (χ1v) is 6.38. The van der Waals surface area contributed by atoms with Gasteiger partial charge in [0.25, 0.3) is 0 Å². The van der Waals surface area contributed by atoms with Crippen LogP contribution in [0, 0.1) is 12.8 Å². The Morgan fingerprint density at radius 1 is 1.35 bits per heavy atom. The van der Waals surface area contributed by atoms with Gasteiger partial charge in [0.05, 0.1) is 0 Å². The molecule has 1 aromatic carbocycles. The van der Waals surface area contributed by atoms with E-state index in [0.29, 0.717) is 0 Å². The van der Waals surface area contributed by atoms with Crippen molar-refractivity contribution in [2.75, 3.05) is 13.1 Å². The highest BCUT2D eigenvalue weighted by molar-refractivity contribution is 5.76. The first-order valence-electron chi connectivity index (χ1n) is 6.38. The Morgan fingerprint density at radius 2 is 2.18 bits per heavy atom. The van der Waals surface area contributed by atoms with Crippen LogP contribution < -0.4 is 5.32 Å². The number of hydrogen-bond donors (Lipinski definition) is 1. The van der Waals surface area contributed by atoms with E-state index in [4.69, 9.17) is 4.42 Å². The molecule has 1 aliphatic heterocycles. The zero-order valence-electron chi connectivity index (χ0n) is 10.2. The molecule has 0 bridgehead atoms. The lowest BCUT2D eigenvalue weighted by Crippen LogP contribution is -2.28. The first-order chi connectivity index (χ1) is 8.33. The summed E-state index contributed by atoms with van der Waals surface area (Å²) in [6, 6.07) is 6.29. The molecule has 1 aliphatic rings. The Kier molecular flexibility index (Phi) is 2.85. The Balaban J connectivity index is 1.88. The number of benzene rings is 1. The van der Waals surface area contributed by atoms with Crippen molar-refractivity contribution in [2.24, 2.45) is 5.92 Å². The predicted molar refractivity (Wildman–Crippen MR) is 68.0 cm³/mol. The number of aromatic nitrogens is 1. The number of piperidine rings is 1. The van der Waals surface area contributed by atoms with Crippen LogP contribution in [0.25, 0.3) is 11.1 Å². The van der Waals surface area contributed by atoms with Crippen molar-refractivity contribution in [3.63, 3.8) is 0 Å². The van der Waals surface area contributed by atoms with E-state index in [2.05, 4.69) is 22.4 Å². The number of rotatable bonds is 2. The Labute approximate surface area is 101 Å². The molecule has 0 atom stereocenters. The number of fused-ring (bicyclic) bond motifs is 1. The van der Waals surface area contributed by atoms with Crippen LogP contribution >= 0.6 is 0 Å². The number of para-hydroxylation sites is 1. The van der Waals surface area contributed by atoms with Gasteiger partial charge in [-0.15, -0.1) is 0 Å². The molecule has 0 amide bonds. The van der Waals surface area contributed by atoms with Gasteiger partial charge in [-0.1, -0.05) is 12.1 Å². The summed E-state index contributed by atoms with van der Waals surface area (Å²) in [7, 11) is 0. The number of aryl methyl sites for hydroxylation is 1. The Bertz CT molecular complexity index is 512.